The average molecular weight is 603 g/mol. The second kappa shape index (κ2) is 10.2. The number of alkyl halides is 3. The number of hydrogen-bond acceptors (Lipinski definition) is 5. The third-order valence-corrected chi connectivity index (χ3v) is 10.1. The van der Waals surface area contributed by atoms with Crippen molar-refractivity contribution in [2.24, 2.45) is 0 Å². The predicted octanol–water partition coefficient (Wildman–Crippen LogP) is 5.12. The van der Waals surface area contributed by atoms with Crippen LogP contribution in [0.1, 0.15) is 34.2 Å². The SMILES string of the molecule is CN(C(=O)C=Cc1cccc(C(F)(F)F)c1)[C@H]1C=C[C@@]2(O)[C@H]3Cc4ccc(O)c5c4[C@@]2(CCN3CCc2ccccc2)[C@H]1O5. The van der Waals surface area contributed by atoms with Crippen LogP contribution in [0.5, 0.6) is 11.5 Å². The molecule has 2 N–H and O–H groups in total. The minimum atomic E-state index is -4.48. The molecule has 2 bridgehead atoms. The number of likely N-dealkylation sites (tertiary alicyclic amines) is 1. The molecule has 1 fully saturated rings. The van der Waals surface area contributed by atoms with Gasteiger partial charge in [0.2, 0.25) is 5.91 Å². The van der Waals surface area contributed by atoms with Gasteiger partial charge >= 0.3 is 6.18 Å². The molecule has 5 atom stereocenters. The number of rotatable bonds is 6. The summed E-state index contributed by atoms with van der Waals surface area (Å²) in [6.07, 6.45) is 3.08. The second-order valence-corrected chi connectivity index (χ2v) is 12.3. The van der Waals surface area contributed by atoms with Crippen LogP contribution in [0.3, 0.4) is 0 Å². The molecule has 0 radical (unpaired) electrons. The molecule has 44 heavy (non-hydrogen) atoms. The highest BCUT2D eigenvalue weighted by atomic mass is 19.4. The molecule has 1 spiro atoms. The van der Waals surface area contributed by atoms with E-state index in [1.807, 2.05) is 30.3 Å². The number of benzene rings is 3. The van der Waals surface area contributed by atoms with Crippen LogP contribution in [0.25, 0.3) is 6.08 Å². The van der Waals surface area contributed by atoms with Crippen molar-refractivity contribution in [3.63, 3.8) is 0 Å². The monoisotopic (exact) mass is 602 g/mol. The molecule has 3 aromatic carbocycles. The summed E-state index contributed by atoms with van der Waals surface area (Å²) in [5.74, 6) is -0.0660. The van der Waals surface area contributed by atoms with E-state index in [1.54, 1.807) is 19.2 Å². The Morgan fingerprint density at radius 2 is 1.93 bits per heavy atom. The lowest BCUT2D eigenvalue weighted by Crippen LogP contribution is -2.76. The summed E-state index contributed by atoms with van der Waals surface area (Å²) in [6, 6.07) is 17.8. The summed E-state index contributed by atoms with van der Waals surface area (Å²) in [5, 5.41) is 23.5. The first kappa shape index (κ1) is 28.7. The summed E-state index contributed by atoms with van der Waals surface area (Å²) in [6.45, 7) is 1.48. The van der Waals surface area contributed by atoms with E-state index in [0.717, 1.165) is 36.2 Å². The van der Waals surface area contributed by atoms with Crippen molar-refractivity contribution in [1.82, 2.24) is 9.80 Å². The first-order valence-electron chi connectivity index (χ1n) is 14.9. The fourth-order valence-electron chi connectivity index (χ4n) is 7.94. The Morgan fingerprint density at radius 1 is 1.14 bits per heavy atom. The second-order valence-electron chi connectivity index (χ2n) is 12.3. The number of phenols is 1. The van der Waals surface area contributed by atoms with Gasteiger partial charge in [-0.25, -0.2) is 0 Å². The summed E-state index contributed by atoms with van der Waals surface area (Å²) >= 11 is 0. The van der Waals surface area contributed by atoms with Gasteiger partial charge in [0.25, 0.3) is 0 Å². The van der Waals surface area contributed by atoms with E-state index in [-0.39, 0.29) is 17.4 Å². The summed E-state index contributed by atoms with van der Waals surface area (Å²) < 4.78 is 46.1. The molecule has 0 unspecified atom stereocenters. The van der Waals surface area contributed by atoms with Gasteiger partial charge in [0.15, 0.2) is 11.5 Å². The first-order valence-corrected chi connectivity index (χ1v) is 14.9. The van der Waals surface area contributed by atoms with Crippen molar-refractivity contribution in [1.29, 1.82) is 0 Å². The molecule has 2 heterocycles. The predicted molar refractivity (Wildman–Crippen MR) is 159 cm³/mol. The normalized spacial score (nSPS) is 28.5. The van der Waals surface area contributed by atoms with E-state index in [9.17, 15) is 28.2 Å². The fraction of sp³-hybridized carbons (Fsp3) is 0.343. The largest absolute Gasteiger partial charge is 0.504 e. The highest BCUT2D eigenvalue weighted by molar-refractivity contribution is 5.92. The van der Waals surface area contributed by atoms with Gasteiger partial charge in [0.1, 0.15) is 11.7 Å². The van der Waals surface area contributed by atoms with Gasteiger partial charge in [-0.2, -0.15) is 13.2 Å². The van der Waals surface area contributed by atoms with Gasteiger partial charge < -0.3 is 19.8 Å². The number of carbonyl (C=O) groups is 1. The zero-order valence-electron chi connectivity index (χ0n) is 24.2. The van der Waals surface area contributed by atoms with E-state index in [0.29, 0.717) is 25.1 Å². The lowest BCUT2D eigenvalue weighted by atomic mass is 9.50. The number of nitrogens with zero attached hydrogens (tertiary/aromatic N) is 2. The highest BCUT2D eigenvalue weighted by Crippen LogP contribution is 2.64. The van der Waals surface area contributed by atoms with Crippen LogP contribution in [-0.2, 0) is 29.2 Å². The van der Waals surface area contributed by atoms with Crippen molar-refractivity contribution in [3.8, 4) is 11.5 Å². The molecule has 1 amide bonds. The molecule has 7 rings (SSSR count). The Labute approximate surface area is 253 Å². The van der Waals surface area contributed by atoms with Gasteiger partial charge in [-0.15, -0.1) is 0 Å². The number of carbonyl (C=O) groups excluding carboxylic acids is 1. The molecule has 2 aliphatic heterocycles. The number of aliphatic hydroxyl groups is 1. The van der Waals surface area contributed by atoms with Crippen molar-refractivity contribution in [3.05, 3.63) is 113 Å². The van der Waals surface area contributed by atoms with Gasteiger partial charge in [-0.05, 0) is 66.8 Å². The topological polar surface area (TPSA) is 73.2 Å². The van der Waals surface area contributed by atoms with Crippen LogP contribution in [0.2, 0.25) is 0 Å². The van der Waals surface area contributed by atoms with Crippen LogP contribution in [0.15, 0.2) is 85.0 Å². The molecular formula is C35H33F3N2O4. The number of amides is 1. The fourth-order valence-corrected chi connectivity index (χ4v) is 7.94. The molecule has 0 saturated carbocycles. The molecule has 4 aliphatic rings. The van der Waals surface area contributed by atoms with Crippen molar-refractivity contribution < 1.29 is 32.9 Å². The molecule has 6 nitrogen and oxygen atoms in total. The van der Waals surface area contributed by atoms with Crippen LogP contribution >= 0.6 is 0 Å². The zero-order valence-corrected chi connectivity index (χ0v) is 24.2. The van der Waals surface area contributed by atoms with E-state index in [2.05, 4.69) is 17.0 Å². The first-order chi connectivity index (χ1) is 21.0. The molecule has 9 heteroatoms. The van der Waals surface area contributed by atoms with Crippen molar-refractivity contribution in [2.75, 3.05) is 20.1 Å². The smallest absolute Gasteiger partial charge is 0.416 e. The number of likely N-dealkylation sites (N-methyl/N-ethyl adjacent to an activating group) is 1. The van der Waals surface area contributed by atoms with Crippen LogP contribution in [0.4, 0.5) is 13.2 Å². The third kappa shape index (κ3) is 4.28. The zero-order chi connectivity index (χ0) is 30.9. The number of phenolic OH excluding ortho intramolecular Hbond substituents is 1. The lowest BCUT2D eigenvalue weighted by molar-refractivity contribution is -0.154. The van der Waals surface area contributed by atoms with Gasteiger partial charge in [0.05, 0.1) is 17.0 Å². The third-order valence-electron chi connectivity index (χ3n) is 10.1. The van der Waals surface area contributed by atoms with Gasteiger partial charge in [-0.1, -0.05) is 60.7 Å². The molecule has 228 valence electrons. The number of piperidine rings is 1. The lowest BCUT2D eigenvalue weighted by Gasteiger charge is -2.62. The minimum Gasteiger partial charge on any atom is -0.504 e. The number of hydrogen-bond donors (Lipinski definition) is 2. The van der Waals surface area contributed by atoms with Gasteiger partial charge in [0, 0.05) is 31.3 Å². The van der Waals surface area contributed by atoms with Gasteiger partial charge in [-0.3, -0.25) is 9.69 Å². The van der Waals surface area contributed by atoms with Crippen molar-refractivity contribution in [2.45, 2.75) is 54.6 Å². The molecule has 1 saturated heterocycles. The van der Waals surface area contributed by atoms with E-state index < -0.39 is 40.8 Å². The van der Waals surface area contributed by atoms with Crippen LogP contribution in [0, 0.1) is 0 Å². The standard InChI is InChI=1S/C35H33F3N2O4/c1-39(29(42)13-10-23-8-5-9-25(20-23)35(36,37)38)26-14-16-34(43)28-21-24-11-12-27(41)31-30(24)33(34,32(26)44-31)17-19-40(28)18-15-22-6-3-2-4-7-22/h2-14,16,20,26,28,32,41,43H,15,17-19,21H2,1H3/t26-,28+,32-,33-,34+/m0/s1. The van der Waals surface area contributed by atoms with Crippen LogP contribution in [-0.4, -0.2) is 69.8 Å². The summed E-state index contributed by atoms with van der Waals surface area (Å²) in [4.78, 5) is 17.3. The Hall–Kier alpha value is -4.08. The van der Waals surface area contributed by atoms with Crippen LogP contribution < -0.4 is 4.74 Å². The summed E-state index contributed by atoms with van der Waals surface area (Å²) in [7, 11) is 1.62. The minimum absolute atomic E-state index is 0.00277. The average Bonchev–Trinajstić information content (AvgIpc) is 3.36. The van der Waals surface area contributed by atoms with E-state index in [1.165, 1.54) is 34.7 Å². The van der Waals surface area contributed by atoms with Crippen molar-refractivity contribution >= 4 is 12.0 Å². The Balaban J connectivity index is 1.21. The quantitative estimate of drug-likeness (QED) is 0.303. The number of halogens is 3. The van der Waals surface area contributed by atoms with E-state index >= 15 is 0 Å². The maximum absolute atomic E-state index is 13.4. The molecule has 2 aliphatic carbocycles. The molecule has 3 aromatic rings. The Bertz CT molecular complexity index is 1670. The maximum atomic E-state index is 13.4. The Morgan fingerprint density at radius 3 is 2.70 bits per heavy atom. The number of ether oxygens (including phenoxy) is 1. The Kier molecular flexibility index (Phi) is 6.68. The highest BCUT2D eigenvalue weighted by Gasteiger charge is 2.72. The number of aromatic hydroxyl groups is 1. The molecular weight excluding hydrogens is 569 g/mol. The summed E-state index contributed by atoms with van der Waals surface area (Å²) in [5.41, 5.74) is 0.344. The maximum Gasteiger partial charge on any atom is 0.416 e. The molecule has 0 aromatic heterocycles. The van der Waals surface area contributed by atoms with E-state index in [4.69, 9.17) is 4.74 Å².